The van der Waals surface area contributed by atoms with Crippen molar-refractivity contribution in [3.63, 3.8) is 0 Å². The van der Waals surface area contributed by atoms with Crippen molar-refractivity contribution in [3.05, 3.63) is 23.8 Å². The van der Waals surface area contributed by atoms with Crippen LogP contribution in [0.5, 0.6) is 11.5 Å². The zero-order chi connectivity index (χ0) is 9.68. The van der Waals surface area contributed by atoms with Crippen molar-refractivity contribution >= 4 is 16.9 Å². The van der Waals surface area contributed by atoms with Crippen LogP contribution in [0.4, 0.5) is 0 Å². The van der Waals surface area contributed by atoms with Crippen LogP contribution in [-0.4, -0.2) is 31.1 Å². The molecule has 1 aromatic rings. The van der Waals surface area contributed by atoms with E-state index in [2.05, 4.69) is 22.9 Å². The van der Waals surface area contributed by atoms with Crippen molar-refractivity contribution in [2.24, 2.45) is 0 Å². The van der Waals surface area contributed by atoms with E-state index in [4.69, 9.17) is 9.47 Å². The Morgan fingerprint density at radius 3 is 2.54 bits per heavy atom. The molecule has 0 bridgehead atoms. The van der Waals surface area contributed by atoms with Gasteiger partial charge in [0.25, 0.3) is 0 Å². The molecule has 13 heavy (non-hydrogen) atoms. The van der Waals surface area contributed by atoms with Crippen molar-refractivity contribution in [2.45, 2.75) is 11.6 Å². The number of benzene rings is 1. The first kappa shape index (κ1) is 10.5. The van der Waals surface area contributed by atoms with E-state index in [1.54, 1.807) is 14.2 Å². The van der Waals surface area contributed by atoms with E-state index in [-0.39, 0.29) is 0 Å². The molecule has 0 N–H and O–H groups in total. The van der Waals surface area contributed by atoms with Gasteiger partial charge in [-0.3, -0.25) is 0 Å². The van der Waals surface area contributed by atoms with Crippen LogP contribution in [0.2, 0.25) is 5.21 Å². The van der Waals surface area contributed by atoms with E-state index in [1.807, 2.05) is 12.1 Å². The fourth-order valence-electron chi connectivity index (χ4n) is 1.27. The number of hydrogen-bond acceptors (Lipinski definition) is 2. The summed E-state index contributed by atoms with van der Waals surface area (Å²) in [5, 5.41) is 1.05. The van der Waals surface area contributed by atoms with Crippen LogP contribution < -0.4 is 9.47 Å². The van der Waals surface area contributed by atoms with Gasteiger partial charge >= 0.3 is 87.4 Å². The number of para-hydroxylation sites is 1. The van der Waals surface area contributed by atoms with Gasteiger partial charge in [-0.1, -0.05) is 0 Å². The Labute approximate surface area is 87.7 Å². The quantitative estimate of drug-likeness (QED) is 0.747. The minimum absolute atomic E-state index is 0.806. The third-order valence-corrected chi connectivity index (χ3v) is 2.33. The molecule has 2 radical (unpaired) electrons. The van der Waals surface area contributed by atoms with Gasteiger partial charge in [0.15, 0.2) is 0 Å². The van der Waals surface area contributed by atoms with Gasteiger partial charge in [0.05, 0.1) is 0 Å². The van der Waals surface area contributed by atoms with Crippen molar-refractivity contribution in [2.75, 3.05) is 14.2 Å². The maximum atomic E-state index is 5.29. The van der Waals surface area contributed by atoms with Gasteiger partial charge in [-0.15, -0.1) is 0 Å². The van der Waals surface area contributed by atoms with Gasteiger partial charge < -0.3 is 0 Å². The van der Waals surface area contributed by atoms with Crippen LogP contribution in [0.3, 0.4) is 0 Å². The molecule has 0 heterocycles. The molecule has 3 heteroatoms. The van der Waals surface area contributed by atoms with Crippen LogP contribution in [0, 0.1) is 0 Å². The van der Waals surface area contributed by atoms with Gasteiger partial charge in [0.2, 0.25) is 0 Å². The SMILES string of the molecule is COc1cccc(CC[As])c1OC. The van der Waals surface area contributed by atoms with Gasteiger partial charge in [-0.2, -0.15) is 0 Å². The Kier molecular flexibility index (Phi) is 4.17. The topological polar surface area (TPSA) is 18.5 Å². The van der Waals surface area contributed by atoms with Crippen LogP contribution >= 0.6 is 0 Å². The molecule has 0 aromatic heterocycles. The van der Waals surface area contributed by atoms with E-state index in [0.717, 1.165) is 23.1 Å². The van der Waals surface area contributed by atoms with Crippen LogP contribution in [0.25, 0.3) is 0 Å². The molecule has 0 saturated carbocycles. The van der Waals surface area contributed by atoms with Gasteiger partial charge in [-0.05, 0) is 0 Å². The maximum absolute atomic E-state index is 5.29. The van der Waals surface area contributed by atoms with Crippen LogP contribution in [0.15, 0.2) is 18.2 Å². The summed E-state index contributed by atoms with van der Waals surface area (Å²) in [6.45, 7) is 0. The second-order valence-corrected chi connectivity index (χ2v) is 3.56. The molecule has 0 aliphatic rings. The molecule has 0 fully saturated rings. The summed E-state index contributed by atoms with van der Waals surface area (Å²) in [6.07, 6.45) is 1.00. The Bertz CT molecular complexity index is 274. The predicted molar refractivity (Wildman–Crippen MR) is 53.8 cm³/mol. The summed E-state index contributed by atoms with van der Waals surface area (Å²) in [4.78, 5) is 0. The number of methoxy groups -OCH3 is 2. The summed E-state index contributed by atoms with van der Waals surface area (Å²) < 4.78 is 10.5. The normalized spacial score (nSPS) is 9.77. The fraction of sp³-hybridized carbons (Fsp3) is 0.400. The summed E-state index contributed by atoms with van der Waals surface area (Å²) in [5.41, 5.74) is 1.20. The van der Waals surface area contributed by atoms with Gasteiger partial charge in [0.1, 0.15) is 0 Å². The fourth-order valence-corrected chi connectivity index (χ4v) is 1.78. The first-order valence-electron chi connectivity index (χ1n) is 4.14. The molecule has 0 aliphatic heterocycles. The first-order valence-corrected chi connectivity index (χ1v) is 5.47. The van der Waals surface area contributed by atoms with E-state index >= 15 is 0 Å². The second-order valence-electron chi connectivity index (χ2n) is 2.63. The molecule has 0 spiro atoms. The summed E-state index contributed by atoms with van der Waals surface area (Å²) in [5.74, 6) is 1.66. The third-order valence-electron chi connectivity index (χ3n) is 1.87. The van der Waals surface area contributed by atoms with E-state index < -0.39 is 0 Å². The van der Waals surface area contributed by atoms with Gasteiger partial charge in [0, 0.05) is 0 Å². The summed E-state index contributed by atoms with van der Waals surface area (Å²) in [7, 11) is 3.33. The Hall–Kier alpha value is -0.622. The van der Waals surface area contributed by atoms with E-state index in [1.165, 1.54) is 5.56 Å². The van der Waals surface area contributed by atoms with E-state index in [0.29, 0.717) is 0 Å². The molecule has 1 rings (SSSR count). The van der Waals surface area contributed by atoms with Crippen molar-refractivity contribution in [3.8, 4) is 11.5 Å². The molecule has 0 saturated heterocycles. The summed E-state index contributed by atoms with van der Waals surface area (Å²) >= 11 is 2.57. The average Bonchev–Trinajstić information content (AvgIpc) is 2.18. The number of ether oxygens (including phenoxy) is 2. The van der Waals surface area contributed by atoms with E-state index in [9.17, 15) is 0 Å². The van der Waals surface area contributed by atoms with Crippen molar-refractivity contribution in [1.29, 1.82) is 0 Å². The molecular weight excluding hydrogens is 227 g/mol. The Morgan fingerprint density at radius 1 is 1.23 bits per heavy atom. The standard InChI is InChI=1S/C10H13AsO2/c1-12-9-5-3-4-8(6-7-11)10(9)13-2/h3-5H,6-7H2,1-2H3. The first-order chi connectivity index (χ1) is 6.33. The van der Waals surface area contributed by atoms with Crippen molar-refractivity contribution < 1.29 is 9.47 Å². The van der Waals surface area contributed by atoms with Crippen LogP contribution in [-0.2, 0) is 6.42 Å². The van der Waals surface area contributed by atoms with Gasteiger partial charge in [-0.25, -0.2) is 0 Å². The number of rotatable bonds is 4. The Balaban J connectivity index is 3.03. The average molecular weight is 240 g/mol. The zero-order valence-electron chi connectivity index (χ0n) is 7.91. The molecule has 0 amide bonds. The Morgan fingerprint density at radius 2 is 2.00 bits per heavy atom. The minimum atomic E-state index is 0.806. The molecule has 0 atom stereocenters. The van der Waals surface area contributed by atoms with Crippen molar-refractivity contribution in [1.82, 2.24) is 0 Å². The number of aryl methyl sites for hydroxylation is 1. The zero-order valence-corrected chi connectivity index (χ0v) is 9.79. The monoisotopic (exact) mass is 240 g/mol. The predicted octanol–water partition coefficient (Wildman–Crippen LogP) is 1.83. The molecular formula is C10H13AsO2. The van der Waals surface area contributed by atoms with Crippen LogP contribution in [0.1, 0.15) is 5.56 Å². The molecule has 70 valence electrons. The summed E-state index contributed by atoms with van der Waals surface area (Å²) in [6, 6.07) is 5.96. The molecule has 1 aromatic carbocycles. The number of hydrogen-bond donors (Lipinski definition) is 0. The molecule has 2 nitrogen and oxygen atoms in total. The third kappa shape index (κ3) is 2.41. The molecule has 0 aliphatic carbocycles. The second kappa shape index (κ2) is 5.18. The molecule has 0 unspecified atom stereocenters.